The van der Waals surface area contributed by atoms with Crippen molar-refractivity contribution < 1.29 is 0 Å². The summed E-state index contributed by atoms with van der Waals surface area (Å²) in [6.45, 7) is 9.15. The fourth-order valence-electron chi connectivity index (χ4n) is 1.48. The number of rotatable bonds is 0. The smallest absolute Gasteiger partial charge is 0.0351 e. The van der Waals surface area contributed by atoms with Crippen molar-refractivity contribution >= 4 is 34.9 Å². The van der Waals surface area contributed by atoms with E-state index in [4.69, 9.17) is 0 Å². The predicted octanol–water partition coefficient (Wildman–Crippen LogP) is 4.34. The van der Waals surface area contributed by atoms with Crippen molar-refractivity contribution in [2.75, 3.05) is 0 Å². The molecule has 72 valence electrons. The molecule has 13 heavy (non-hydrogen) atoms. The quantitative estimate of drug-likeness (QED) is 0.650. The molecule has 0 amide bonds. The maximum atomic E-state index is 2.33. The summed E-state index contributed by atoms with van der Waals surface area (Å²) in [7, 11) is 0. The molecule has 0 fully saturated rings. The van der Waals surface area contributed by atoms with Crippen molar-refractivity contribution in [2.24, 2.45) is 0 Å². The molecule has 0 N–H and O–H groups in total. The van der Waals surface area contributed by atoms with Gasteiger partial charge < -0.3 is 0 Å². The Bertz CT molecular complexity index is 297. The topological polar surface area (TPSA) is 0 Å². The van der Waals surface area contributed by atoms with Crippen LogP contribution in [0.25, 0.3) is 0 Å². The number of thiophene rings is 1. The van der Waals surface area contributed by atoms with E-state index in [0.717, 1.165) is 10.5 Å². The SMILES string of the molecule is Cc1sc(C)c2c1SC(C)C(C)S2. The molecule has 0 nitrogen and oxygen atoms in total. The van der Waals surface area contributed by atoms with E-state index < -0.39 is 0 Å². The minimum atomic E-state index is 0.755. The van der Waals surface area contributed by atoms with Gasteiger partial charge in [0.1, 0.15) is 0 Å². The minimum absolute atomic E-state index is 0.755. The fraction of sp³-hybridized carbons (Fsp3) is 0.600. The maximum absolute atomic E-state index is 2.33. The highest BCUT2D eigenvalue weighted by Crippen LogP contribution is 2.50. The van der Waals surface area contributed by atoms with Crippen LogP contribution in [0.1, 0.15) is 23.6 Å². The molecular formula is C10H14S3. The van der Waals surface area contributed by atoms with Gasteiger partial charge in [0.25, 0.3) is 0 Å². The number of fused-ring (bicyclic) bond motifs is 1. The second kappa shape index (κ2) is 3.52. The van der Waals surface area contributed by atoms with E-state index in [-0.39, 0.29) is 0 Å². The fourth-order valence-corrected chi connectivity index (χ4v) is 5.60. The predicted molar refractivity (Wildman–Crippen MR) is 64.4 cm³/mol. The highest BCUT2D eigenvalue weighted by Gasteiger charge is 2.27. The summed E-state index contributed by atoms with van der Waals surface area (Å²) in [5, 5.41) is 1.51. The van der Waals surface area contributed by atoms with Gasteiger partial charge in [-0.3, -0.25) is 0 Å². The van der Waals surface area contributed by atoms with Crippen LogP contribution in [0.4, 0.5) is 0 Å². The van der Waals surface area contributed by atoms with Crippen LogP contribution < -0.4 is 0 Å². The Morgan fingerprint density at radius 1 is 0.846 bits per heavy atom. The second-order valence-electron chi connectivity index (χ2n) is 3.52. The van der Waals surface area contributed by atoms with Crippen LogP contribution in [0, 0.1) is 13.8 Å². The molecule has 2 unspecified atom stereocenters. The second-order valence-corrected chi connectivity index (χ2v) is 7.72. The highest BCUT2D eigenvalue weighted by atomic mass is 32.2. The van der Waals surface area contributed by atoms with E-state index >= 15 is 0 Å². The molecule has 1 aromatic heterocycles. The molecule has 2 heterocycles. The van der Waals surface area contributed by atoms with E-state index in [1.807, 2.05) is 11.3 Å². The zero-order valence-corrected chi connectivity index (χ0v) is 10.8. The van der Waals surface area contributed by atoms with E-state index in [2.05, 4.69) is 51.2 Å². The first-order valence-corrected chi connectivity index (χ1v) is 7.10. The van der Waals surface area contributed by atoms with Gasteiger partial charge in [0.15, 0.2) is 0 Å². The summed E-state index contributed by atoms with van der Waals surface area (Å²) in [6, 6.07) is 0. The number of aryl methyl sites for hydroxylation is 2. The number of hydrogen-bond donors (Lipinski definition) is 0. The van der Waals surface area contributed by atoms with Crippen LogP contribution in [-0.2, 0) is 0 Å². The number of thioether (sulfide) groups is 2. The lowest BCUT2D eigenvalue weighted by Crippen LogP contribution is -2.15. The van der Waals surface area contributed by atoms with Crippen molar-refractivity contribution in [2.45, 2.75) is 48.0 Å². The third-order valence-electron chi connectivity index (χ3n) is 2.42. The monoisotopic (exact) mass is 230 g/mol. The maximum Gasteiger partial charge on any atom is 0.0351 e. The standard InChI is InChI=1S/C10H14S3/c1-5-6(2)13-10-8(4)11-7(3)9(10)12-5/h5-6H,1-4H3. The van der Waals surface area contributed by atoms with Gasteiger partial charge in [0, 0.05) is 30.0 Å². The van der Waals surface area contributed by atoms with Crippen molar-refractivity contribution in [3.8, 4) is 0 Å². The molecule has 0 saturated heterocycles. The molecule has 0 saturated carbocycles. The Morgan fingerprint density at radius 3 is 1.62 bits per heavy atom. The summed E-state index contributed by atoms with van der Waals surface area (Å²) >= 11 is 6.06. The van der Waals surface area contributed by atoms with Crippen molar-refractivity contribution in [3.05, 3.63) is 9.75 Å². The molecule has 0 aliphatic carbocycles. The highest BCUT2D eigenvalue weighted by molar-refractivity contribution is 8.06. The summed E-state index contributed by atoms with van der Waals surface area (Å²) in [6.07, 6.45) is 0. The van der Waals surface area contributed by atoms with Crippen molar-refractivity contribution in [3.63, 3.8) is 0 Å². The normalized spacial score (nSPS) is 27.4. The van der Waals surface area contributed by atoms with Crippen LogP contribution in [-0.4, -0.2) is 10.5 Å². The van der Waals surface area contributed by atoms with Crippen LogP contribution in [0.15, 0.2) is 9.79 Å². The molecular weight excluding hydrogens is 216 g/mol. The molecule has 1 aliphatic heterocycles. The van der Waals surface area contributed by atoms with Gasteiger partial charge in [-0.2, -0.15) is 0 Å². The van der Waals surface area contributed by atoms with Crippen molar-refractivity contribution in [1.82, 2.24) is 0 Å². The zero-order valence-electron chi connectivity index (χ0n) is 8.38. The molecule has 3 heteroatoms. The Labute approximate surface area is 92.5 Å². The molecule has 2 atom stereocenters. The van der Waals surface area contributed by atoms with Gasteiger partial charge in [-0.15, -0.1) is 34.9 Å². The Balaban J connectivity index is 2.44. The summed E-state index contributed by atoms with van der Waals surface area (Å²) in [5.74, 6) is 0. The molecule has 0 bridgehead atoms. The Hall–Kier alpha value is 0.400. The molecule has 0 radical (unpaired) electrons. The zero-order chi connectivity index (χ0) is 9.59. The summed E-state index contributed by atoms with van der Waals surface area (Å²) < 4.78 is 0. The van der Waals surface area contributed by atoms with Crippen molar-refractivity contribution in [1.29, 1.82) is 0 Å². The minimum Gasteiger partial charge on any atom is -0.144 e. The first-order chi connectivity index (χ1) is 6.09. The van der Waals surface area contributed by atoms with Crippen LogP contribution in [0.3, 0.4) is 0 Å². The third kappa shape index (κ3) is 1.66. The molecule has 0 spiro atoms. The first kappa shape index (κ1) is 9.94. The van der Waals surface area contributed by atoms with E-state index in [9.17, 15) is 0 Å². The van der Waals surface area contributed by atoms with Crippen LogP contribution in [0.2, 0.25) is 0 Å². The number of hydrogen-bond acceptors (Lipinski definition) is 3. The molecule has 1 aromatic rings. The largest absolute Gasteiger partial charge is 0.144 e. The third-order valence-corrected chi connectivity index (χ3v) is 7.05. The Kier molecular flexibility index (Phi) is 2.69. The van der Waals surface area contributed by atoms with Crippen LogP contribution >= 0.6 is 34.9 Å². The van der Waals surface area contributed by atoms with E-state index in [0.29, 0.717) is 0 Å². The average Bonchev–Trinajstić information content (AvgIpc) is 2.31. The van der Waals surface area contributed by atoms with Gasteiger partial charge >= 0.3 is 0 Å². The van der Waals surface area contributed by atoms with Gasteiger partial charge in [0.05, 0.1) is 0 Å². The van der Waals surface area contributed by atoms with Crippen LogP contribution in [0.5, 0.6) is 0 Å². The summed E-state index contributed by atoms with van der Waals surface area (Å²) in [5.41, 5.74) is 0. The van der Waals surface area contributed by atoms with Gasteiger partial charge in [-0.25, -0.2) is 0 Å². The lowest BCUT2D eigenvalue weighted by molar-refractivity contribution is 0.907. The lowest BCUT2D eigenvalue weighted by Gasteiger charge is -2.25. The van der Waals surface area contributed by atoms with Gasteiger partial charge in [0.2, 0.25) is 0 Å². The average molecular weight is 230 g/mol. The van der Waals surface area contributed by atoms with E-state index in [1.54, 1.807) is 9.79 Å². The lowest BCUT2D eigenvalue weighted by atomic mass is 10.4. The molecule has 1 aliphatic rings. The van der Waals surface area contributed by atoms with Gasteiger partial charge in [-0.05, 0) is 13.8 Å². The molecule has 0 aromatic carbocycles. The summed E-state index contributed by atoms with van der Waals surface area (Å²) in [4.78, 5) is 6.11. The Morgan fingerprint density at radius 2 is 1.23 bits per heavy atom. The first-order valence-electron chi connectivity index (χ1n) is 4.53. The molecule has 2 rings (SSSR count). The van der Waals surface area contributed by atoms with Gasteiger partial charge in [-0.1, -0.05) is 13.8 Å². The van der Waals surface area contributed by atoms with E-state index in [1.165, 1.54) is 9.75 Å².